The van der Waals surface area contributed by atoms with Gasteiger partial charge in [-0.1, -0.05) is 60.5 Å². The molecule has 0 amide bonds. The maximum Gasteiger partial charge on any atom is 0.176 e. The van der Waals surface area contributed by atoms with Gasteiger partial charge in [-0.05, 0) is 5.56 Å². The summed E-state index contributed by atoms with van der Waals surface area (Å²) in [5.74, 6) is 2.52. The van der Waals surface area contributed by atoms with Crippen molar-refractivity contribution in [2.24, 2.45) is 0 Å². The van der Waals surface area contributed by atoms with E-state index < -0.39 is 5.60 Å². The molecule has 22 heavy (non-hydrogen) atoms. The molecule has 1 fully saturated rings. The molecule has 3 heteroatoms. The first kappa shape index (κ1) is 14.8. The maximum absolute atomic E-state index is 10.9. The molecule has 0 bridgehead atoms. The van der Waals surface area contributed by atoms with Gasteiger partial charge in [-0.2, -0.15) is 0 Å². The van der Waals surface area contributed by atoms with Gasteiger partial charge in [0.15, 0.2) is 5.60 Å². The van der Waals surface area contributed by atoms with Crippen molar-refractivity contribution < 1.29 is 9.84 Å². The van der Waals surface area contributed by atoms with E-state index in [1.54, 1.807) is 0 Å². The SMILES string of the molecule is C#CC(O)(c1ccccc1)c1ccc(C2CNCCO2)cc1. The monoisotopic (exact) mass is 293 g/mol. The van der Waals surface area contributed by atoms with Gasteiger partial charge in [0.25, 0.3) is 0 Å². The zero-order valence-corrected chi connectivity index (χ0v) is 12.3. The number of nitrogens with one attached hydrogen (secondary N) is 1. The van der Waals surface area contributed by atoms with Crippen molar-refractivity contribution in [3.05, 3.63) is 71.3 Å². The van der Waals surface area contributed by atoms with Gasteiger partial charge >= 0.3 is 0 Å². The Morgan fingerprint density at radius 2 is 1.77 bits per heavy atom. The average Bonchev–Trinajstić information content (AvgIpc) is 2.63. The van der Waals surface area contributed by atoms with Gasteiger partial charge in [0.2, 0.25) is 0 Å². The normalized spacial score (nSPS) is 20.8. The fraction of sp³-hybridized carbons (Fsp3) is 0.263. The molecule has 0 aliphatic carbocycles. The summed E-state index contributed by atoms with van der Waals surface area (Å²) in [5, 5.41) is 14.2. The molecular weight excluding hydrogens is 274 g/mol. The Balaban J connectivity index is 1.89. The smallest absolute Gasteiger partial charge is 0.176 e. The van der Waals surface area contributed by atoms with Crippen LogP contribution in [0.15, 0.2) is 54.6 Å². The average molecular weight is 293 g/mol. The van der Waals surface area contributed by atoms with Crippen molar-refractivity contribution in [1.29, 1.82) is 0 Å². The molecule has 0 radical (unpaired) electrons. The Morgan fingerprint density at radius 1 is 1.09 bits per heavy atom. The molecule has 0 spiro atoms. The first-order valence-electron chi connectivity index (χ1n) is 7.42. The lowest BCUT2D eigenvalue weighted by Crippen LogP contribution is -2.33. The van der Waals surface area contributed by atoms with E-state index >= 15 is 0 Å². The summed E-state index contributed by atoms with van der Waals surface area (Å²) in [6.07, 6.45) is 5.67. The maximum atomic E-state index is 10.9. The van der Waals surface area contributed by atoms with E-state index in [2.05, 4.69) is 11.2 Å². The lowest BCUT2D eigenvalue weighted by atomic mass is 9.86. The molecule has 112 valence electrons. The van der Waals surface area contributed by atoms with Gasteiger partial charge in [-0.15, -0.1) is 6.42 Å². The lowest BCUT2D eigenvalue weighted by molar-refractivity contribution is 0.0276. The van der Waals surface area contributed by atoms with Gasteiger partial charge in [0.1, 0.15) is 0 Å². The van der Waals surface area contributed by atoms with Gasteiger partial charge in [-0.25, -0.2) is 0 Å². The molecule has 3 nitrogen and oxygen atoms in total. The summed E-state index contributed by atoms with van der Waals surface area (Å²) >= 11 is 0. The molecular formula is C19H19NO2. The predicted octanol–water partition coefficient (Wildman–Crippen LogP) is 2.22. The van der Waals surface area contributed by atoms with Crippen LogP contribution in [0.1, 0.15) is 22.8 Å². The summed E-state index contributed by atoms with van der Waals surface area (Å²) in [6, 6.07) is 17.0. The van der Waals surface area contributed by atoms with Gasteiger partial charge in [0.05, 0.1) is 12.7 Å². The Labute approximate surface area is 130 Å². The van der Waals surface area contributed by atoms with Crippen LogP contribution in [0.4, 0.5) is 0 Å². The highest BCUT2D eigenvalue weighted by Crippen LogP contribution is 2.30. The molecule has 1 saturated heterocycles. The molecule has 1 aliphatic heterocycles. The number of aliphatic hydroxyl groups is 1. The van der Waals surface area contributed by atoms with Gasteiger partial charge in [0, 0.05) is 24.2 Å². The number of terminal acetylenes is 1. The fourth-order valence-electron chi connectivity index (χ4n) is 2.73. The van der Waals surface area contributed by atoms with Crippen LogP contribution in [0, 0.1) is 12.3 Å². The summed E-state index contributed by atoms with van der Waals surface area (Å²) in [5.41, 5.74) is 1.06. The van der Waals surface area contributed by atoms with Crippen LogP contribution in [0.2, 0.25) is 0 Å². The largest absolute Gasteiger partial charge is 0.371 e. The van der Waals surface area contributed by atoms with Crippen LogP contribution in [-0.2, 0) is 10.3 Å². The summed E-state index contributed by atoms with van der Waals surface area (Å²) in [6.45, 7) is 2.40. The summed E-state index contributed by atoms with van der Waals surface area (Å²) in [4.78, 5) is 0. The molecule has 3 rings (SSSR count). The number of ether oxygens (including phenoxy) is 1. The van der Waals surface area contributed by atoms with Crippen molar-refractivity contribution in [1.82, 2.24) is 5.32 Å². The quantitative estimate of drug-likeness (QED) is 0.853. The van der Waals surface area contributed by atoms with Crippen molar-refractivity contribution in [2.75, 3.05) is 19.7 Å². The second-order valence-electron chi connectivity index (χ2n) is 5.41. The van der Waals surface area contributed by atoms with E-state index in [0.717, 1.165) is 18.7 Å². The number of benzene rings is 2. The zero-order chi connectivity index (χ0) is 15.4. The van der Waals surface area contributed by atoms with Gasteiger partial charge in [-0.3, -0.25) is 0 Å². The molecule has 2 N–H and O–H groups in total. The highest BCUT2D eigenvalue weighted by molar-refractivity contribution is 5.44. The van der Waals surface area contributed by atoms with Crippen molar-refractivity contribution in [2.45, 2.75) is 11.7 Å². The third-order valence-electron chi connectivity index (χ3n) is 4.03. The topological polar surface area (TPSA) is 41.5 Å². The minimum absolute atomic E-state index is 0.0541. The van der Waals surface area contributed by atoms with Crippen LogP contribution >= 0.6 is 0 Å². The first-order chi connectivity index (χ1) is 10.7. The number of morpholine rings is 1. The highest BCUT2D eigenvalue weighted by Gasteiger charge is 2.29. The Kier molecular flexibility index (Phi) is 4.26. The molecule has 2 aromatic carbocycles. The molecule has 1 heterocycles. The molecule has 0 saturated carbocycles. The van der Waals surface area contributed by atoms with E-state index in [1.165, 1.54) is 0 Å². The minimum atomic E-state index is -1.41. The number of hydrogen-bond acceptors (Lipinski definition) is 3. The molecule has 2 unspecified atom stereocenters. The zero-order valence-electron chi connectivity index (χ0n) is 12.3. The predicted molar refractivity (Wildman–Crippen MR) is 86.3 cm³/mol. The molecule has 2 aromatic rings. The van der Waals surface area contributed by atoms with Gasteiger partial charge < -0.3 is 15.2 Å². The van der Waals surface area contributed by atoms with Crippen LogP contribution < -0.4 is 5.32 Å². The Bertz CT molecular complexity index is 654. The number of hydrogen-bond donors (Lipinski definition) is 2. The fourth-order valence-corrected chi connectivity index (χ4v) is 2.73. The Morgan fingerprint density at radius 3 is 2.36 bits per heavy atom. The van der Waals surface area contributed by atoms with Crippen molar-refractivity contribution >= 4 is 0 Å². The third kappa shape index (κ3) is 2.77. The van der Waals surface area contributed by atoms with Crippen LogP contribution in [-0.4, -0.2) is 24.8 Å². The third-order valence-corrected chi connectivity index (χ3v) is 4.03. The minimum Gasteiger partial charge on any atom is -0.371 e. The summed E-state index contributed by atoms with van der Waals surface area (Å²) in [7, 11) is 0. The van der Waals surface area contributed by atoms with E-state index in [0.29, 0.717) is 17.7 Å². The number of rotatable bonds is 3. The highest BCUT2D eigenvalue weighted by atomic mass is 16.5. The molecule has 1 aliphatic rings. The lowest BCUT2D eigenvalue weighted by Gasteiger charge is -2.26. The van der Waals surface area contributed by atoms with E-state index in [4.69, 9.17) is 11.2 Å². The first-order valence-corrected chi connectivity index (χ1v) is 7.42. The van der Waals surface area contributed by atoms with Crippen LogP contribution in [0.25, 0.3) is 0 Å². The Hall–Kier alpha value is -2.12. The van der Waals surface area contributed by atoms with E-state index in [-0.39, 0.29) is 6.10 Å². The molecule has 0 aromatic heterocycles. The summed E-state index contributed by atoms with van der Waals surface area (Å²) < 4.78 is 5.74. The standard InChI is InChI=1S/C19H19NO2/c1-2-19(21,16-6-4-3-5-7-16)17-10-8-15(9-11-17)18-14-20-12-13-22-18/h1,3-11,18,20-21H,12-14H2. The second-order valence-corrected chi connectivity index (χ2v) is 5.41. The van der Waals surface area contributed by atoms with E-state index in [9.17, 15) is 5.11 Å². The van der Waals surface area contributed by atoms with Crippen LogP contribution in [0.3, 0.4) is 0 Å². The van der Waals surface area contributed by atoms with Crippen LogP contribution in [0.5, 0.6) is 0 Å². The molecule has 2 atom stereocenters. The van der Waals surface area contributed by atoms with Crippen molar-refractivity contribution in [3.8, 4) is 12.3 Å². The second kappa shape index (κ2) is 6.33. The van der Waals surface area contributed by atoms with E-state index in [1.807, 2.05) is 54.6 Å². The van der Waals surface area contributed by atoms with Crippen molar-refractivity contribution in [3.63, 3.8) is 0 Å².